The number of carbonyl (C=O) groups is 2. The molecule has 0 aliphatic heterocycles. The molecule has 0 spiro atoms. The number of amides is 2. The van der Waals surface area contributed by atoms with E-state index in [2.05, 4.69) is 10.6 Å². The van der Waals surface area contributed by atoms with E-state index in [1.165, 1.54) is 0 Å². The summed E-state index contributed by atoms with van der Waals surface area (Å²) in [6.45, 7) is 1.57. The lowest BCUT2D eigenvalue weighted by Gasteiger charge is -2.10. The largest absolute Gasteiger partial charge is 0.493 e. The van der Waals surface area contributed by atoms with Crippen LogP contribution in [0.15, 0.2) is 18.2 Å². The molecule has 1 aromatic carbocycles. The van der Waals surface area contributed by atoms with Crippen LogP contribution >= 0.6 is 0 Å². The lowest BCUT2D eigenvalue weighted by molar-refractivity contribution is -0.127. The van der Waals surface area contributed by atoms with E-state index in [0.29, 0.717) is 37.6 Å². The summed E-state index contributed by atoms with van der Waals surface area (Å²) in [4.78, 5) is 24.1. The Morgan fingerprint density at radius 3 is 2.36 bits per heavy atom. The summed E-state index contributed by atoms with van der Waals surface area (Å²) in [6.07, 6.45) is 1.37. The van der Waals surface area contributed by atoms with E-state index in [-0.39, 0.29) is 23.7 Å². The van der Waals surface area contributed by atoms with Crippen LogP contribution in [0.3, 0.4) is 0 Å². The highest BCUT2D eigenvalue weighted by Gasteiger charge is 2.47. The number of nitrogens with one attached hydrogen (secondary N) is 2. The van der Waals surface area contributed by atoms with Crippen LogP contribution in [0.25, 0.3) is 0 Å². The summed E-state index contributed by atoms with van der Waals surface area (Å²) in [7, 11) is 4.77. The van der Waals surface area contributed by atoms with Gasteiger partial charge in [-0.1, -0.05) is 6.07 Å². The maximum absolute atomic E-state index is 12.2. The van der Waals surface area contributed by atoms with Gasteiger partial charge in [0.05, 0.1) is 26.1 Å². The number of benzene rings is 1. The fourth-order valence-electron chi connectivity index (χ4n) is 2.64. The van der Waals surface area contributed by atoms with Crippen LogP contribution in [0.4, 0.5) is 0 Å². The topological polar surface area (TPSA) is 85.9 Å². The zero-order valence-corrected chi connectivity index (χ0v) is 15.0. The first-order chi connectivity index (χ1) is 12.1. The normalized spacial score (nSPS) is 18.4. The molecule has 0 heterocycles. The van der Waals surface area contributed by atoms with Gasteiger partial charge in [0.15, 0.2) is 11.5 Å². The second kappa shape index (κ2) is 9.27. The van der Waals surface area contributed by atoms with Crippen molar-refractivity contribution in [1.29, 1.82) is 0 Å². The van der Waals surface area contributed by atoms with Crippen molar-refractivity contribution < 1.29 is 23.8 Å². The zero-order valence-electron chi connectivity index (χ0n) is 15.0. The van der Waals surface area contributed by atoms with Gasteiger partial charge in [-0.2, -0.15) is 0 Å². The minimum absolute atomic E-state index is 0.0534. The molecule has 2 rings (SSSR count). The smallest absolute Gasteiger partial charge is 0.224 e. The van der Waals surface area contributed by atoms with Gasteiger partial charge in [0.25, 0.3) is 0 Å². The van der Waals surface area contributed by atoms with Gasteiger partial charge in [-0.15, -0.1) is 0 Å². The molecular weight excluding hydrogens is 324 g/mol. The highest BCUT2D eigenvalue weighted by molar-refractivity contribution is 5.92. The summed E-state index contributed by atoms with van der Waals surface area (Å²) in [5.41, 5.74) is 0.909. The summed E-state index contributed by atoms with van der Waals surface area (Å²) in [6, 6.07) is 5.49. The Kier molecular flexibility index (Phi) is 7.06. The third-order valence-electron chi connectivity index (χ3n) is 4.20. The predicted molar refractivity (Wildman–Crippen MR) is 92.5 cm³/mol. The predicted octanol–water partition coefficient (Wildman–Crippen LogP) is 1.11. The number of carbonyl (C=O) groups excluding carboxylic acids is 2. The van der Waals surface area contributed by atoms with E-state index >= 15 is 0 Å². The average Bonchev–Trinajstić information content (AvgIpc) is 3.43. The van der Waals surface area contributed by atoms with Crippen molar-refractivity contribution in [3.8, 4) is 11.5 Å². The van der Waals surface area contributed by atoms with Crippen molar-refractivity contribution in [2.75, 3.05) is 34.5 Å². The lowest BCUT2D eigenvalue weighted by Crippen LogP contribution is -2.30. The van der Waals surface area contributed by atoms with Crippen LogP contribution in [-0.4, -0.2) is 46.3 Å². The molecule has 0 aromatic heterocycles. The summed E-state index contributed by atoms with van der Waals surface area (Å²) in [5.74, 6) is 0.670. The van der Waals surface area contributed by atoms with Gasteiger partial charge >= 0.3 is 0 Å². The highest BCUT2D eigenvalue weighted by atomic mass is 16.5. The molecule has 1 aliphatic rings. The van der Waals surface area contributed by atoms with Crippen LogP contribution in [0.1, 0.15) is 18.4 Å². The molecular formula is C18H26N2O5. The van der Waals surface area contributed by atoms with Gasteiger partial charge in [0, 0.05) is 26.8 Å². The van der Waals surface area contributed by atoms with E-state index in [0.717, 1.165) is 12.0 Å². The van der Waals surface area contributed by atoms with Crippen molar-refractivity contribution in [1.82, 2.24) is 10.6 Å². The molecule has 2 amide bonds. The monoisotopic (exact) mass is 350 g/mol. The maximum Gasteiger partial charge on any atom is 0.224 e. The summed E-state index contributed by atoms with van der Waals surface area (Å²) >= 11 is 0. The van der Waals surface area contributed by atoms with Crippen molar-refractivity contribution in [3.05, 3.63) is 23.8 Å². The quantitative estimate of drug-likeness (QED) is 0.618. The van der Waals surface area contributed by atoms with Gasteiger partial charge in [-0.3, -0.25) is 9.59 Å². The Hall–Kier alpha value is -2.28. The molecule has 1 fully saturated rings. The number of rotatable bonds is 10. The fourth-order valence-corrected chi connectivity index (χ4v) is 2.64. The van der Waals surface area contributed by atoms with Crippen LogP contribution in [0.5, 0.6) is 11.5 Å². The molecule has 1 aromatic rings. The molecule has 138 valence electrons. The van der Waals surface area contributed by atoms with E-state index in [1.54, 1.807) is 27.4 Å². The summed E-state index contributed by atoms with van der Waals surface area (Å²) in [5, 5.41) is 5.71. The number of methoxy groups -OCH3 is 3. The van der Waals surface area contributed by atoms with E-state index in [4.69, 9.17) is 14.2 Å². The van der Waals surface area contributed by atoms with E-state index in [1.807, 2.05) is 12.1 Å². The Balaban J connectivity index is 1.75. The third-order valence-corrected chi connectivity index (χ3v) is 4.20. The molecule has 7 nitrogen and oxygen atoms in total. The van der Waals surface area contributed by atoms with Crippen LogP contribution in [-0.2, 0) is 20.9 Å². The minimum atomic E-state index is -0.234. The summed E-state index contributed by atoms with van der Waals surface area (Å²) < 4.78 is 15.4. The first-order valence-electron chi connectivity index (χ1n) is 8.36. The number of hydrogen-bond donors (Lipinski definition) is 2. The first-order valence-corrected chi connectivity index (χ1v) is 8.36. The van der Waals surface area contributed by atoms with Crippen molar-refractivity contribution in [2.45, 2.75) is 19.4 Å². The molecule has 0 bridgehead atoms. The highest BCUT2D eigenvalue weighted by Crippen LogP contribution is 2.38. The zero-order chi connectivity index (χ0) is 18.2. The van der Waals surface area contributed by atoms with E-state index < -0.39 is 0 Å². The fraction of sp³-hybridized carbons (Fsp3) is 0.556. The van der Waals surface area contributed by atoms with Crippen molar-refractivity contribution in [2.24, 2.45) is 11.8 Å². The first kappa shape index (κ1) is 19.1. The molecule has 1 aliphatic carbocycles. The molecule has 2 atom stereocenters. The minimum Gasteiger partial charge on any atom is -0.493 e. The van der Waals surface area contributed by atoms with Gasteiger partial charge in [0.2, 0.25) is 11.8 Å². The van der Waals surface area contributed by atoms with E-state index in [9.17, 15) is 9.59 Å². The molecule has 2 N–H and O–H groups in total. The standard InChI is InChI=1S/C18H26N2O5/c1-23-8-4-7-19-17(21)13-10-14(13)18(22)20-11-12-5-6-15(24-2)16(9-12)25-3/h5-6,9,13-14H,4,7-8,10-11H2,1-3H3,(H,19,21)(H,20,22). The third kappa shape index (κ3) is 5.35. The van der Waals surface area contributed by atoms with Crippen LogP contribution < -0.4 is 20.1 Å². The molecule has 0 radical (unpaired) electrons. The van der Waals surface area contributed by atoms with Crippen molar-refractivity contribution in [3.63, 3.8) is 0 Å². The number of hydrogen-bond acceptors (Lipinski definition) is 5. The van der Waals surface area contributed by atoms with Crippen LogP contribution in [0, 0.1) is 11.8 Å². The van der Waals surface area contributed by atoms with Gasteiger partial charge in [-0.25, -0.2) is 0 Å². The molecule has 2 unspecified atom stereocenters. The van der Waals surface area contributed by atoms with Crippen molar-refractivity contribution >= 4 is 11.8 Å². The number of ether oxygens (including phenoxy) is 3. The molecule has 7 heteroatoms. The van der Waals surface area contributed by atoms with Gasteiger partial charge in [-0.05, 0) is 30.5 Å². The average molecular weight is 350 g/mol. The second-order valence-corrected chi connectivity index (χ2v) is 5.99. The lowest BCUT2D eigenvalue weighted by atomic mass is 10.2. The second-order valence-electron chi connectivity index (χ2n) is 5.99. The Morgan fingerprint density at radius 2 is 1.72 bits per heavy atom. The SMILES string of the molecule is COCCCNC(=O)C1CC1C(=O)NCc1ccc(OC)c(OC)c1. The Morgan fingerprint density at radius 1 is 1.04 bits per heavy atom. The molecule has 25 heavy (non-hydrogen) atoms. The van der Waals surface area contributed by atoms with Crippen LogP contribution in [0.2, 0.25) is 0 Å². The van der Waals surface area contributed by atoms with Gasteiger partial charge < -0.3 is 24.8 Å². The van der Waals surface area contributed by atoms with Gasteiger partial charge in [0.1, 0.15) is 0 Å². The molecule has 0 saturated heterocycles. The molecule has 1 saturated carbocycles. The Labute approximate surface area is 148 Å². The Bertz CT molecular complexity index is 605. The maximum atomic E-state index is 12.2.